The molecule has 0 radical (unpaired) electrons. The molecule has 2 aromatic rings. The van der Waals surface area contributed by atoms with Crippen molar-refractivity contribution in [3.05, 3.63) is 40.2 Å². The van der Waals surface area contributed by atoms with E-state index in [4.69, 9.17) is 4.42 Å². The predicted molar refractivity (Wildman–Crippen MR) is 72.0 cm³/mol. The number of hydrogen-bond donors (Lipinski definition) is 1. The van der Waals surface area contributed by atoms with Crippen molar-refractivity contribution in [1.29, 1.82) is 0 Å². The Balaban J connectivity index is 2.39. The Morgan fingerprint density at radius 2 is 2.10 bits per heavy atom. The first kappa shape index (κ1) is 15.1. The highest BCUT2D eigenvalue weighted by Crippen LogP contribution is 2.38. The quantitative estimate of drug-likeness (QED) is 0.898. The Hall–Kier alpha value is -1.34. The van der Waals surface area contributed by atoms with Gasteiger partial charge in [0, 0.05) is 16.6 Å². The number of alkyl halides is 3. The van der Waals surface area contributed by atoms with E-state index in [0.717, 1.165) is 12.6 Å². The number of oxazole rings is 1. The molecule has 0 aliphatic carbocycles. The van der Waals surface area contributed by atoms with Gasteiger partial charge < -0.3 is 9.73 Å². The first-order chi connectivity index (χ1) is 9.41. The third-order valence-electron chi connectivity index (χ3n) is 2.63. The summed E-state index contributed by atoms with van der Waals surface area (Å²) in [5, 5.41) is 3.03. The highest BCUT2D eigenvalue weighted by atomic mass is 79.9. The van der Waals surface area contributed by atoms with E-state index >= 15 is 0 Å². The molecule has 0 saturated heterocycles. The van der Waals surface area contributed by atoms with Crippen molar-refractivity contribution in [3.8, 4) is 11.5 Å². The topological polar surface area (TPSA) is 38.1 Å². The summed E-state index contributed by atoms with van der Waals surface area (Å²) < 4.78 is 44.6. The largest absolute Gasteiger partial charge is 0.444 e. The molecule has 108 valence electrons. The van der Waals surface area contributed by atoms with Gasteiger partial charge in [0.25, 0.3) is 0 Å². The van der Waals surface area contributed by atoms with Gasteiger partial charge in [0.05, 0.1) is 11.3 Å². The van der Waals surface area contributed by atoms with Gasteiger partial charge in [-0.3, -0.25) is 0 Å². The standard InChI is InChI=1S/C13H12BrF3N2O/c1-2-18-6-9-7-20-12(19-9)10-4-3-8(14)5-11(10)13(15,16)17/h3-5,7,18H,2,6H2,1H3. The minimum Gasteiger partial charge on any atom is -0.444 e. The second-order valence-corrected chi connectivity index (χ2v) is 5.03. The number of hydrogen-bond acceptors (Lipinski definition) is 3. The fourth-order valence-corrected chi connectivity index (χ4v) is 2.06. The monoisotopic (exact) mass is 348 g/mol. The first-order valence-corrected chi connectivity index (χ1v) is 6.73. The molecule has 0 spiro atoms. The molecule has 0 bridgehead atoms. The third-order valence-corrected chi connectivity index (χ3v) is 3.12. The predicted octanol–water partition coefficient (Wildman–Crippen LogP) is 4.23. The van der Waals surface area contributed by atoms with Crippen LogP contribution in [0.2, 0.25) is 0 Å². The Labute approximate surface area is 122 Å². The van der Waals surface area contributed by atoms with E-state index in [9.17, 15) is 13.2 Å². The molecule has 0 aliphatic rings. The lowest BCUT2D eigenvalue weighted by Gasteiger charge is -2.10. The smallest absolute Gasteiger partial charge is 0.417 e. The second kappa shape index (κ2) is 5.97. The molecule has 0 unspecified atom stereocenters. The van der Waals surface area contributed by atoms with Crippen molar-refractivity contribution in [2.45, 2.75) is 19.6 Å². The Kier molecular flexibility index (Phi) is 4.49. The number of halogens is 4. The van der Waals surface area contributed by atoms with Crippen molar-refractivity contribution in [3.63, 3.8) is 0 Å². The van der Waals surface area contributed by atoms with Gasteiger partial charge in [0.15, 0.2) is 0 Å². The van der Waals surface area contributed by atoms with Crippen molar-refractivity contribution in [1.82, 2.24) is 10.3 Å². The van der Waals surface area contributed by atoms with Gasteiger partial charge in [-0.25, -0.2) is 4.98 Å². The fraction of sp³-hybridized carbons (Fsp3) is 0.308. The summed E-state index contributed by atoms with van der Waals surface area (Å²) in [7, 11) is 0. The molecular formula is C13H12BrF3N2O. The summed E-state index contributed by atoms with van der Waals surface area (Å²) in [6, 6.07) is 3.89. The summed E-state index contributed by atoms with van der Waals surface area (Å²) in [5.74, 6) is -0.0299. The van der Waals surface area contributed by atoms with Crippen LogP contribution < -0.4 is 5.32 Å². The SMILES string of the molecule is CCNCc1coc(-c2ccc(Br)cc2C(F)(F)F)n1. The van der Waals surface area contributed by atoms with Crippen molar-refractivity contribution in [2.24, 2.45) is 0 Å². The van der Waals surface area contributed by atoms with Gasteiger partial charge in [-0.05, 0) is 24.7 Å². The maximum absolute atomic E-state index is 13.0. The van der Waals surface area contributed by atoms with E-state index in [1.165, 1.54) is 18.4 Å². The molecule has 3 nitrogen and oxygen atoms in total. The molecule has 0 atom stereocenters. The lowest BCUT2D eigenvalue weighted by molar-refractivity contribution is -0.137. The van der Waals surface area contributed by atoms with Crippen LogP contribution in [0.1, 0.15) is 18.2 Å². The van der Waals surface area contributed by atoms with E-state index in [1.54, 1.807) is 0 Å². The van der Waals surface area contributed by atoms with Gasteiger partial charge in [-0.2, -0.15) is 13.2 Å². The molecule has 0 saturated carbocycles. The molecular weight excluding hydrogens is 337 g/mol. The molecule has 0 amide bonds. The number of nitrogens with one attached hydrogen (secondary N) is 1. The number of benzene rings is 1. The lowest BCUT2D eigenvalue weighted by Crippen LogP contribution is -2.12. The first-order valence-electron chi connectivity index (χ1n) is 5.94. The van der Waals surface area contributed by atoms with Gasteiger partial charge in [0.2, 0.25) is 5.89 Å². The van der Waals surface area contributed by atoms with E-state index < -0.39 is 11.7 Å². The summed E-state index contributed by atoms with van der Waals surface area (Å²) in [6.45, 7) is 3.13. The molecule has 7 heteroatoms. The molecule has 1 aromatic carbocycles. The van der Waals surface area contributed by atoms with Crippen LogP contribution >= 0.6 is 15.9 Å². The summed E-state index contributed by atoms with van der Waals surface area (Å²) in [4.78, 5) is 4.08. The maximum atomic E-state index is 13.0. The lowest BCUT2D eigenvalue weighted by atomic mass is 10.1. The molecule has 1 N–H and O–H groups in total. The third kappa shape index (κ3) is 3.40. The van der Waals surface area contributed by atoms with Gasteiger partial charge in [-0.15, -0.1) is 0 Å². The summed E-state index contributed by atoms with van der Waals surface area (Å²) in [5.41, 5.74) is -0.273. The van der Waals surface area contributed by atoms with Crippen LogP contribution in [-0.4, -0.2) is 11.5 Å². The zero-order valence-electron chi connectivity index (χ0n) is 10.6. The van der Waals surface area contributed by atoms with Crippen LogP contribution in [0.5, 0.6) is 0 Å². The van der Waals surface area contributed by atoms with Gasteiger partial charge in [-0.1, -0.05) is 22.9 Å². The van der Waals surface area contributed by atoms with Crippen molar-refractivity contribution in [2.75, 3.05) is 6.54 Å². The fourth-order valence-electron chi connectivity index (χ4n) is 1.70. The second-order valence-electron chi connectivity index (χ2n) is 4.11. The average Bonchev–Trinajstić information content (AvgIpc) is 2.84. The zero-order valence-corrected chi connectivity index (χ0v) is 12.2. The van der Waals surface area contributed by atoms with E-state index in [0.29, 0.717) is 16.7 Å². The van der Waals surface area contributed by atoms with Crippen LogP contribution in [0.3, 0.4) is 0 Å². The van der Waals surface area contributed by atoms with Crippen LogP contribution in [0.4, 0.5) is 13.2 Å². The molecule has 0 aliphatic heterocycles. The van der Waals surface area contributed by atoms with Crippen LogP contribution in [0, 0.1) is 0 Å². The minimum atomic E-state index is -4.46. The number of nitrogens with zero attached hydrogens (tertiary/aromatic N) is 1. The Morgan fingerprint density at radius 3 is 2.75 bits per heavy atom. The number of aromatic nitrogens is 1. The normalized spacial score (nSPS) is 11.8. The van der Waals surface area contributed by atoms with Crippen LogP contribution in [0.25, 0.3) is 11.5 Å². The van der Waals surface area contributed by atoms with Gasteiger partial charge in [0.1, 0.15) is 6.26 Å². The Morgan fingerprint density at radius 1 is 1.35 bits per heavy atom. The Bertz CT molecular complexity index is 596. The summed E-state index contributed by atoms with van der Waals surface area (Å²) in [6.07, 6.45) is -3.10. The highest BCUT2D eigenvalue weighted by molar-refractivity contribution is 9.10. The highest BCUT2D eigenvalue weighted by Gasteiger charge is 2.35. The van der Waals surface area contributed by atoms with Gasteiger partial charge >= 0.3 is 6.18 Å². The molecule has 0 fully saturated rings. The molecule has 20 heavy (non-hydrogen) atoms. The average molecular weight is 349 g/mol. The van der Waals surface area contributed by atoms with Crippen LogP contribution in [0.15, 0.2) is 33.4 Å². The van der Waals surface area contributed by atoms with E-state index in [2.05, 4.69) is 26.2 Å². The molecule has 1 heterocycles. The zero-order chi connectivity index (χ0) is 14.8. The van der Waals surface area contributed by atoms with E-state index in [1.807, 2.05) is 6.92 Å². The van der Waals surface area contributed by atoms with E-state index in [-0.39, 0.29) is 11.5 Å². The maximum Gasteiger partial charge on any atom is 0.417 e. The molecule has 1 aromatic heterocycles. The summed E-state index contributed by atoms with van der Waals surface area (Å²) >= 11 is 3.04. The van der Waals surface area contributed by atoms with Crippen molar-refractivity contribution >= 4 is 15.9 Å². The minimum absolute atomic E-state index is 0.0299. The molecule has 2 rings (SSSR count). The van der Waals surface area contributed by atoms with Crippen LogP contribution in [-0.2, 0) is 12.7 Å². The number of rotatable bonds is 4. The van der Waals surface area contributed by atoms with Crippen molar-refractivity contribution < 1.29 is 17.6 Å².